The van der Waals surface area contributed by atoms with Crippen molar-refractivity contribution in [1.82, 2.24) is 9.88 Å². The summed E-state index contributed by atoms with van der Waals surface area (Å²) in [5, 5.41) is 3.37. The molecule has 1 aromatic heterocycles. The summed E-state index contributed by atoms with van der Waals surface area (Å²) in [6.07, 6.45) is -5.03. The number of benzene rings is 3. The van der Waals surface area contributed by atoms with Crippen LogP contribution in [0.3, 0.4) is 0 Å². The molecule has 3 aromatic carbocycles. The molecule has 0 bridgehead atoms. The van der Waals surface area contributed by atoms with Gasteiger partial charge in [0.1, 0.15) is 23.4 Å². The van der Waals surface area contributed by atoms with E-state index in [9.17, 15) is 36.0 Å². The van der Waals surface area contributed by atoms with Gasteiger partial charge < -0.3 is 30.3 Å². The van der Waals surface area contributed by atoms with Crippen molar-refractivity contribution in [1.29, 1.82) is 0 Å². The largest absolute Gasteiger partial charge is 0.494 e. The Morgan fingerprint density at radius 2 is 1.81 bits per heavy atom. The van der Waals surface area contributed by atoms with Crippen molar-refractivity contribution in [2.45, 2.75) is 62.0 Å². The van der Waals surface area contributed by atoms with Crippen LogP contribution < -0.4 is 20.9 Å². The van der Waals surface area contributed by atoms with Gasteiger partial charge in [0.05, 0.1) is 35.6 Å². The normalized spacial score (nSPS) is 15.2. The lowest BCUT2D eigenvalue weighted by Crippen LogP contribution is -2.39. The molecule has 0 aliphatic carbocycles. The van der Waals surface area contributed by atoms with Gasteiger partial charge in [-0.1, -0.05) is 0 Å². The maximum Gasteiger partial charge on any atom is 0.493 e. The highest BCUT2D eigenvalue weighted by Crippen LogP contribution is 2.41. The molecule has 1 saturated heterocycles. The van der Waals surface area contributed by atoms with Crippen LogP contribution in [0.4, 0.5) is 39.5 Å². The van der Waals surface area contributed by atoms with E-state index in [-0.39, 0.29) is 52.2 Å². The number of fused-ring (bicyclic) bond motifs is 1. The van der Waals surface area contributed by atoms with Crippen LogP contribution in [-0.4, -0.2) is 68.0 Å². The summed E-state index contributed by atoms with van der Waals surface area (Å²) in [5.74, 6) is -3.64. The average Bonchev–Trinajstić information content (AvgIpc) is 3.62. The lowest BCUT2D eigenvalue weighted by atomic mass is 10.00. The van der Waals surface area contributed by atoms with Gasteiger partial charge in [-0.05, 0) is 105 Å². The summed E-state index contributed by atoms with van der Waals surface area (Å²) in [7, 11) is -3.31. The molecule has 0 saturated carbocycles. The van der Waals surface area contributed by atoms with E-state index in [1.54, 1.807) is 31.2 Å². The highest BCUT2D eigenvalue weighted by Gasteiger charge is 2.45. The van der Waals surface area contributed by atoms with Crippen LogP contribution >= 0.6 is 0 Å². The molecule has 54 heavy (non-hydrogen) atoms. The van der Waals surface area contributed by atoms with E-state index in [4.69, 9.17) is 10.5 Å². The molecule has 3 N–H and O–H groups in total. The molecule has 13 nitrogen and oxygen atoms in total. The first-order valence-electron chi connectivity index (χ1n) is 16.7. The molecule has 2 atom stereocenters. The summed E-state index contributed by atoms with van der Waals surface area (Å²) >= 11 is 0. The fraction of sp³-hybridized carbons (Fsp3) is 0.333. The Morgan fingerprint density at radius 1 is 1.07 bits per heavy atom. The van der Waals surface area contributed by atoms with Crippen LogP contribution in [0.1, 0.15) is 56.8 Å². The van der Waals surface area contributed by atoms with E-state index in [0.29, 0.717) is 22.9 Å². The van der Waals surface area contributed by atoms with Gasteiger partial charge >= 0.3 is 18.2 Å². The van der Waals surface area contributed by atoms with Crippen LogP contribution in [-0.2, 0) is 29.0 Å². The van der Waals surface area contributed by atoms with Crippen LogP contribution in [0.15, 0.2) is 71.8 Å². The number of halogens is 4. The van der Waals surface area contributed by atoms with Crippen molar-refractivity contribution in [2.24, 2.45) is 0 Å². The zero-order valence-electron chi connectivity index (χ0n) is 29.5. The Labute approximate surface area is 307 Å². The fourth-order valence-corrected chi connectivity index (χ4v) is 7.39. The molecule has 1 fully saturated rings. The van der Waals surface area contributed by atoms with Crippen molar-refractivity contribution < 1.29 is 54.7 Å². The summed E-state index contributed by atoms with van der Waals surface area (Å²) in [6, 6.07) is 11.2. The van der Waals surface area contributed by atoms with Gasteiger partial charge in [-0.15, -0.1) is 5.06 Å². The molecule has 5 rings (SSSR count). The predicted molar refractivity (Wildman–Crippen MR) is 190 cm³/mol. The number of anilines is 3. The molecule has 0 spiro atoms. The molecule has 4 aromatic rings. The summed E-state index contributed by atoms with van der Waals surface area (Å²) < 4.78 is 92.9. The second-order valence-corrected chi connectivity index (χ2v) is 14.9. The number of nitrogens with zero attached hydrogens (tertiary/aromatic N) is 3. The van der Waals surface area contributed by atoms with Gasteiger partial charge in [-0.3, -0.25) is 4.79 Å². The number of nitrogens with two attached hydrogens (primary N) is 1. The van der Waals surface area contributed by atoms with Crippen molar-refractivity contribution >= 4 is 55.8 Å². The van der Waals surface area contributed by atoms with Crippen molar-refractivity contribution in [3.05, 3.63) is 83.8 Å². The number of carbonyl (C=O) groups is 3. The lowest BCUT2D eigenvalue weighted by molar-refractivity contribution is -0.200. The van der Waals surface area contributed by atoms with E-state index in [0.717, 1.165) is 31.4 Å². The Kier molecular flexibility index (Phi) is 11.5. The molecular formula is C36H37F4N5O8S. The third kappa shape index (κ3) is 8.12. The van der Waals surface area contributed by atoms with Gasteiger partial charge in [-0.25, -0.2) is 27.4 Å². The standard InChI is InChI=1S/C36H37F4N5O8S/c1-5-52-24-10-12-28(37)26(19-24)31(43-22-8-11-25-21(17-22)14-15-42-32(25)41)33(46)44-16-6-7-29(44)27-18-23(9-13-30(27)54(49,50)20(2)3)45(35(48)51-4)53-34(47)36(38,39)40/h8-15,17-20,29,31,43H,5-7,16H2,1-4H3,(H2,41,42)/t29-,31-/m1/s1. The second kappa shape index (κ2) is 15.8. The number of likely N-dealkylation sites (tertiary alicyclic amines) is 1. The highest BCUT2D eigenvalue weighted by atomic mass is 32.2. The molecule has 0 unspecified atom stereocenters. The Bertz CT molecular complexity index is 2180. The number of hydroxylamine groups is 1. The number of pyridine rings is 1. The number of carbonyl (C=O) groups excluding carboxylic acids is 3. The fourth-order valence-electron chi connectivity index (χ4n) is 6.10. The van der Waals surface area contributed by atoms with E-state index in [2.05, 4.69) is 19.9 Å². The van der Waals surface area contributed by atoms with Gasteiger partial charge in [0.15, 0.2) is 9.84 Å². The molecular weight excluding hydrogens is 738 g/mol. The lowest BCUT2D eigenvalue weighted by Gasteiger charge is -2.32. The van der Waals surface area contributed by atoms with E-state index in [1.165, 1.54) is 37.1 Å². The number of methoxy groups -OCH3 is 1. The number of hydrogen-bond acceptors (Lipinski definition) is 11. The second-order valence-electron chi connectivity index (χ2n) is 12.5. The number of ether oxygens (including phenoxy) is 2. The van der Waals surface area contributed by atoms with Gasteiger partial charge in [0.25, 0.3) is 0 Å². The minimum atomic E-state index is -5.50. The zero-order chi connectivity index (χ0) is 39.5. The first kappa shape index (κ1) is 39.6. The predicted octanol–water partition coefficient (Wildman–Crippen LogP) is 6.65. The summed E-state index contributed by atoms with van der Waals surface area (Å²) in [6.45, 7) is 4.87. The molecule has 1 aliphatic rings. The highest BCUT2D eigenvalue weighted by molar-refractivity contribution is 7.92. The molecule has 18 heteroatoms. The smallest absolute Gasteiger partial charge is 0.493 e. The van der Waals surface area contributed by atoms with Gasteiger partial charge in [0, 0.05) is 29.4 Å². The first-order chi connectivity index (χ1) is 25.5. The number of sulfone groups is 1. The first-order valence-corrected chi connectivity index (χ1v) is 18.2. The molecule has 0 radical (unpaired) electrons. The number of alkyl halides is 3. The van der Waals surface area contributed by atoms with E-state index < -0.39 is 62.8 Å². The number of hydrogen-bond donors (Lipinski definition) is 2. The van der Waals surface area contributed by atoms with Crippen LogP contribution in [0.2, 0.25) is 0 Å². The van der Waals surface area contributed by atoms with Gasteiger partial charge in [0.2, 0.25) is 5.91 Å². The minimum Gasteiger partial charge on any atom is -0.494 e. The van der Waals surface area contributed by atoms with Crippen molar-refractivity contribution in [3.8, 4) is 5.75 Å². The Balaban J connectivity index is 1.64. The quantitative estimate of drug-likeness (QED) is 0.131. The molecule has 288 valence electrons. The Morgan fingerprint density at radius 3 is 2.48 bits per heavy atom. The maximum absolute atomic E-state index is 15.7. The van der Waals surface area contributed by atoms with E-state index >= 15 is 4.39 Å². The summed E-state index contributed by atoms with van der Waals surface area (Å²) in [5.41, 5.74) is 5.75. The SMILES string of the molecule is CCOc1ccc(F)c([C@@H](Nc2ccc3c(N)nccc3c2)C(=O)N2CCC[C@@H]2c2cc(N(OC(=O)C(F)(F)F)C(=O)OC)ccc2S(=O)(=O)C(C)C)c1. The molecule has 2 amide bonds. The number of aromatic nitrogens is 1. The monoisotopic (exact) mass is 775 g/mol. The summed E-state index contributed by atoms with van der Waals surface area (Å²) in [4.78, 5) is 48.7. The third-order valence-corrected chi connectivity index (χ3v) is 11.0. The van der Waals surface area contributed by atoms with E-state index in [1.807, 2.05) is 0 Å². The Hall–Kier alpha value is -5.65. The zero-order valence-corrected chi connectivity index (χ0v) is 30.3. The van der Waals surface area contributed by atoms with Crippen LogP contribution in [0.5, 0.6) is 5.75 Å². The molecule has 1 aliphatic heterocycles. The van der Waals surface area contributed by atoms with Crippen molar-refractivity contribution in [2.75, 3.05) is 36.4 Å². The minimum absolute atomic E-state index is 0.0591. The number of amides is 2. The number of rotatable bonds is 10. The van der Waals surface area contributed by atoms with Crippen molar-refractivity contribution in [3.63, 3.8) is 0 Å². The maximum atomic E-state index is 15.7. The van der Waals surface area contributed by atoms with Gasteiger partial charge in [-0.2, -0.15) is 13.2 Å². The topological polar surface area (TPSA) is 170 Å². The van der Waals surface area contributed by atoms with Crippen LogP contribution in [0.25, 0.3) is 10.8 Å². The average molecular weight is 776 g/mol. The van der Waals surface area contributed by atoms with Crippen LogP contribution in [0, 0.1) is 5.82 Å². The number of nitrogens with one attached hydrogen (secondary N) is 1. The third-order valence-electron chi connectivity index (χ3n) is 8.74. The number of nitrogen functional groups attached to an aromatic ring is 1. The molecule has 2 heterocycles.